The van der Waals surface area contributed by atoms with Crippen molar-refractivity contribution in [1.82, 2.24) is 0 Å². The number of aromatic hydroxyl groups is 2. The highest BCUT2D eigenvalue weighted by Crippen LogP contribution is 2.24. The molecule has 1 aromatic rings. The molecule has 14 heavy (non-hydrogen) atoms. The first-order valence-corrected chi connectivity index (χ1v) is 4.56. The first-order chi connectivity index (χ1) is 6.65. The van der Waals surface area contributed by atoms with Crippen LogP contribution >= 0.6 is 0 Å². The highest BCUT2D eigenvalue weighted by molar-refractivity contribution is 5.40. The zero-order valence-corrected chi connectivity index (χ0v) is 8.40. The van der Waals surface area contributed by atoms with Gasteiger partial charge in [-0.1, -0.05) is 13.0 Å². The minimum atomic E-state index is -0.0919. The molecule has 1 aromatic carbocycles. The lowest BCUT2D eigenvalue weighted by Crippen LogP contribution is -2.02. The molecule has 6 N–H and O–H groups in total. The first-order valence-electron chi connectivity index (χ1n) is 4.56. The number of hydrogen-bond donors (Lipinski definition) is 4. The molecule has 80 valence electrons. The van der Waals surface area contributed by atoms with Gasteiger partial charge in [-0.05, 0) is 37.2 Å². The quantitative estimate of drug-likeness (QED) is 0.522. The molecule has 4 nitrogen and oxygen atoms in total. The highest BCUT2D eigenvalue weighted by atomic mass is 16.3. The van der Waals surface area contributed by atoms with E-state index in [0.29, 0.717) is 13.0 Å². The fourth-order valence-corrected chi connectivity index (χ4v) is 0.891. The molecule has 0 radical (unpaired) electrons. The third kappa shape index (κ3) is 4.69. The van der Waals surface area contributed by atoms with Crippen LogP contribution in [0.25, 0.3) is 0 Å². The molecule has 1 rings (SSSR count). The third-order valence-corrected chi connectivity index (χ3v) is 1.47. The van der Waals surface area contributed by atoms with Crippen molar-refractivity contribution < 1.29 is 10.2 Å². The van der Waals surface area contributed by atoms with Gasteiger partial charge in [-0.3, -0.25) is 0 Å². The molecule has 0 bridgehead atoms. The number of phenols is 2. The molecule has 0 amide bonds. The molecule has 0 unspecified atom stereocenters. The minimum absolute atomic E-state index is 0.0871. The van der Waals surface area contributed by atoms with Crippen LogP contribution in [-0.2, 0) is 6.42 Å². The maximum absolute atomic E-state index is 9.04. The van der Waals surface area contributed by atoms with Gasteiger partial charge in [0.1, 0.15) is 0 Å². The molecule has 0 saturated carbocycles. The maximum atomic E-state index is 9.04. The topological polar surface area (TPSA) is 92.5 Å². The van der Waals surface area contributed by atoms with Crippen LogP contribution in [0.5, 0.6) is 11.5 Å². The highest BCUT2D eigenvalue weighted by Gasteiger charge is 1.98. The molecule has 0 aromatic heterocycles. The molecule has 0 atom stereocenters. The van der Waals surface area contributed by atoms with E-state index in [4.69, 9.17) is 21.7 Å². The van der Waals surface area contributed by atoms with E-state index in [0.717, 1.165) is 12.1 Å². The summed E-state index contributed by atoms with van der Waals surface area (Å²) in [5.74, 6) is -0.179. The van der Waals surface area contributed by atoms with Gasteiger partial charge in [0.15, 0.2) is 11.5 Å². The summed E-state index contributed by atoms with van der Waals surface area (Å²) in [5.41, 5.74) is 11.1. The lowest BCUT2D eigenvalue weighted by Gasteiger charge is -2.00. The zero-order valence-electron chi connectivity index (χ0n) is 8.40. The summed E-state index contributed by atoms with van der Waals surface area (Å²) in [6, 6.07) is 4.71. The molecule has 0 aliphatic heterocycles. The van der Waals surface area contributed by atoms with Gasteiger partial charge < -0.3 is 21.7 Å². The average Bonchev–Trinajstić information content (AvgIpc) is 2.13. The normalized spacial score (nSPS) is 9.07. The molecular formula is C10H18N2O2. The van der Waals surface area contributed by atoms with Gasteiger partial charge >= 0.3 is 0 Å². The summed E-state index contributed by atoms with van der Waals surface area (Å²) in [6.07, 6.45) is 0.716. The predicted octanol–water partition coefficient (Wildman–Crippen LogP) is 0.564. The number of nitrogens with two attached hydrogens (primary N) is 2. The van der Waals surface area contributed by atoms with E-state index in [1.54, 1.807) is 6.07 Å². The molecule has 0 aliphatic carbocycles. The molecule has 0 heterocycles. The Labute approximate surface area is 84.2 Å². The lowest BCUT2D eigenvalue weighted by atomic mass is 10.1. The zero-order chi connectivity index (χ0) is 11.0. The van der Waals surface area contributed by atoms with Crippen molar-refractivity contribution in [3.63, 3.8) is 0 Å². The number of rotatable bonds is 2. The monoisotopic (exact) mass is 198 g/mol. The van der Waals surface area contributed by atoms with Gasteiger partial charge in [0, 0.05) is 0 Å². The van der Waals surface area contributed by atoms with Crippen LogP contribution in [0.15, 0.2) is 18.2 Å². The molecule has 0 aliphatic rings. The van der Waals surface area contributed by atoms with E-state index >= 15 is 0 Å². The Morgan fingerprint density at radius 3 is 2.14 bits per heavy atom. The second-order valence-electron chi connectivity index (χ2n) is 2.77. The molecule has 0 fully saturated rings. The van der Waals surface area contributed by atoms with E-state index in [2.05, 4.69) is 0 Å². The van der Waals surface area contributed by atoms with Gasteiger partial charge in [0.25, 0.3) is 0 Å². The summed E-state index contributed by atoms with van der Waals surface area (Å²) >= 11 is 0. The van der Waals surface area contributed by atoms with Crippen LogP contribution in [0, 0.1) is 0 Å². The van der Waals surface area contributed by atoms with Crippen LogP contribution in [0.2, 0.25) is 0 Å². The molecule has 4 heteroatoms. The summed E-state index contributed by atoms with van der Waals surface area (Å²) < 4.78 is 0. The standard InChI is InChI=1S/C8H11NO2.C2H7N/c9-4-3-6-1-2-7(10)8(11)5-6;1-2-3/h1-2,5,10-11H,3-4,9H2;2-3H2,1H3. The summed E-state index contributed by atoms with van der Waals surface area (Å²) in [5, 5.41) is 18.0. The third-order valence-electron chi connectivity index (χ3n) is 1.47. The average molecular weight is 198 g/mol. The Kier molecular flexibility index (Phi) is 6.53. The van der Waals surface area contributed by atoms with E-state index in [-0.39, 0.29) is 11.5 Å². The Bertz CT molecular complexity index is 264. The Morgan fingerprint density at radius 1 is 1.14 bits per heavy atom. The fourth-order valence-electron chi connectivity index (χ4n) is 0.891. The number of phenolic OH excluding ortho intramolecular Hbond substituents is 2. The van der Waals surface area contributed by atoms with Crippen LogP contribution in [0.1, 0.15) is 12.5 Å². The predicted molar refractivity (Wildman–Crippen MR) is 57.3 cm³/mol. The molecule has 0 saturated heterocycles. The van der Waals surface area contributed by atoms with Gasteiger partial charge in [-0.25, -0.2) is 0 Å². The van der Waals surface area contributed by atoms with Crippen molar-refractivity contribution in [2.45, 2.75) is 13.3 Å². The summed E-state index contributed by atoms with van der Waals surface area (Å²) in [4.78, 5) is 0. The largest absolute Gasteiger partial charge is 0.504 e. The first kappa shape index (κ1) is 12.7. The van der Waals surface area contributed by atoms with Crippen molar-refractivity contribution in [2.75, 3.05) is 13.1 Å². The van der Waals surface area contributed by atoms with Crippen molar-refractivity contribution in [2.24, 2.45) is 11.5 Å². The Balaban J connectivity index is 0.000000500. The summed E-state index contributed by atoms with van der Waals surface area (Å²) in [7, 11) is 0. The smallest absolute Gasteiger partial charge is 0.157 e. The van der Waals surface area contributed by atoms with Crippen LogP contribution in [0.3, 0.4) is 0 Å². The van der Waals surface area contributed by atoms with Crippen LogP contribution < -0.4 is 11.5 Å². The van der Waals surface area contributed by atoms with Crippen molar-refractivity contribution in [1.29, 1.82) is 0 Å². The second kappa shape index (κ2) is 7.17. The van der Waals surface area contributed by atoms with E-state index < -0.39 is 0 Å². The molecular weight excluding hydrogens is 180 g/mol. The summed E-state index contributed by atoms with van der Waals surface area (Å²) in [6.45, 7) is 3.20. The Morgan fingerprint density at radius 2 is 1.71 bits per heavy atom. The van der Waals surface area contributed by atoms with Gasteiger partial charge in [-0.2, -0.15) is 0 Å². The Hall–Kier alpha value is -1.26. The maximum Gasteiger partial charge on any atom is 0.157 e. The van der Waals surface area contributed by atoms with Crippen molar-refractivity contribution in [3.05, 3.63) is 23.8 Å². The SMILES string of the molecule is CCN.NCCc1ccc(O)c(O)c1. The second-order valence-corrected chi connectivity index (χ2v) is 2.77. The minimum Gasteiger partial charge on any atom is -0.504 e. The van der Waals surface area contributed by atoms with Crippen LogP contribution in [-0.4, -0.2) is 23.3 Å². The molecule has 0 spiro atoms. The number of hydrogen-bond acceptors (Lipinski definition) is 4. The van der Waals surface area contributed by atoms with E-state index in [9.17, 15) is 0 Å². The van der Waals surface area contributed by atoms with Crippen LogP contribution in [0.4, 0.5) is 0 Å². The number of benzene rings is 1. The van der Waals surface area contributed by atoms with Crippen molar-refractivity contribution in [3.8, 4) is 11.5 Å². The van der Waals surface area contributed by atoms with E-state index in [1.807, 2.05) is 6.92 Å². The lowest BCUT2D eigenvalue weighted by molar-refractivity contribution is 0.403. The van der Waals surface area contributed by atoms with Crippen molar-refractivity contribution >= 4 is 0 Å². The van der Waals surface area contributed by atoms with Gasteiger partial charge in [0.2, 0.25) is 0 Å². The van der Waals surface area contributed by atoms with E-state index in [1.165, 1.54) is 12.1 Å². The van der Waals surface area contributed by atoms with Gasteiger partial charge in [0.05, 0.1) is 0 Å². The fraction of sp³-hybridized carbons (Fsp3) is 0.400. The van der Waals surface area contributed by atoms with Gasteiger partial charge in [-0.15, -0.1) is 0 Å².